The topological polar surface area (TPSA) is 17.1 Å². The minimum Gasteiger partial charge on any atom is -0.293 e. The van der Waals surface area contributed by atoms with E-state index in [9.17, 15) is 4.79 Å². The molecule has 0 aliphatic carbocycles. The molecule has 0 fully saturated rings. The van der Waals surface area contributed by atoms with Gasteiger partial charge in [-0.25, -0.2) is 0 Å². The third-order valence-electron chi connectivity index (χ3n) is 2.06. The normalized spacial score (nSPS) is 10.2. The van der Waals surface area contributed by atoms with Crippen molar-refractivity contribution in [1.29, 1.82) is 0 Å². The molecule has 0 aromatic carbocycles. The Morgan fingerprint density at radius 1 is 1.64 bits per heavy atom. The van der Waals surface area contributed by atoms with E-state index in [0.29, 0.717) is 16.3 Å². The molecule has 0 aliphatic heterocycles. The zero-order valence-electron chi connectivity index (χ0n) is 8.39. The number of hydrogen-bond acceptors (Lipinski definition) is 2. The maximum atomic E-state index is 11.7. The first-order chi connectivity index (χ1) is 6.56. The molecule has 0 aliphatic rings. The average molecular weight is 229 g/mol. The van der Waals surface area contributed by atoms with Crippen LogP contribution in [-0.2, 0) is 0 Å². The van der Waals surface area contributed by atoms with Crippen LogP contribution in [0, 0.1) is 6.92 Å². The Bertz CT molecular complexity index is 365. The van der Waals surface area contributed by atoms with Crippen LogP contribution in [0.5, 0.6) is 0 Å². The van der Waals surface area contributed by atoms with E-state index in [2.05, 4.69) is 6.58 Å². The van der Waals surface area contributed by atoms with Gasteiger partial charge in [-0.3, -0.25) is 4.79 Å². The highest BCUT2D eigenvalue weighted by atomic mass is 35.5. The van der Waals surface area contributed by atoms with E-state index in [1.165, 1.54) is 11.3 Å². The Balaban J connectivity index is 2.80. The van der Waals surface area contributed by atoms with Crippen molar-refractivity contribution in [2.75, 3.05) is 0 Å². The summed E-state index contributed by atoms with van der Waals surface area (Å²) in [5, 5.41) is 2.51. The van der Waals surface area contributed by atoms with Crippen LogP contribution >= 0.6 is 22.9 Å². The van der Waals surface area contributed by atoms with Crippen LogP contribution in [0.2, 0.25) is 5.02 Å². The highest BCUT2D eigenvalue weighted by Gasteiger charge is 2.14. The van der Waals surface area contributed by atoms with Crippen molar-refractivity contribution < 1.29 is 4.79 Å². The van der Waals surface area contributed by atoms with E-state index in [1.807, 2.05) is 19.2 Å². The number of ketones is 1. The maximum Gasteiger partial charge on any atom is 0.178 e. The van der Waals surface area contributed by atoms with E-state index in [1.54, 1.807) is 0 Å². The molecule has 0 saturated heterocycles. The second-order valence-electron chi connectivity index (χ2n) is 3.27. The molecule has 3 heteroatoms. The maximum absolute atomic E-state index is 11.7. The zero-order valence-corrected chi connectivity index (χ0v) is 9.97. The van der Waals surface area contributed by atoms with Crippen molar-refractivity contribution in [2.24, 2.45) is 0 Å². The van der Waals surface area contributed by atoms with Crippen LogP contribution in [0.15, 0.2) is 17.5 Å². The van der Waals surface area contributed by atoms with Crippen molar-refractivity contribution in [1.82, 2.24) is 0 Å². The van der Waals surface area contributed by atoms with Gasteiger partial charge in [-0.1, -0.05) is 30.7 Å². The summed E-state index contributed by atoms with van der Waals surface area (Å²) in [7, 11) is 0. The summed E-state index contributed by atoms with van der Waals surface area (Å²) in [5.74, 6) is 0.0833. The van der Waals surface area contributed by atoms with Gasteiger partial charge in [0.15, 0.2) is 5.78 Å². The number of allylic oxidation sites excluding steroid dienone is 1. The molecule has 0 saturated carbocycles. The van der Waals surface area contributed by atoms with Crippen molar-refractivity contribution in [3.63, 3.8) is 0 Å². The van der Waals surface area contributed by atoms with Gasteiger partial charge < -0.3 is 0 Å². The number of halogens is 1. The Kier molecular flexibility index (Phi) is 3.90. The van der Waals surface area contributed by atoms with Gasteiger partial charge in [-0.2, -0.15) is 0 Å². The lowest BCUT2D eigenvalue weighted by Crippen LogP contribution is -1.98. The first-order valence-electron chi connectivity index (χ1n) is 4.49. The minimum absolute atomic E-state index is 0.0833. The van der Waals surface area contributed by atoms with Crippen LogP contribution in [0.25, 0.3) is 0 Å². The highest BCUT2D eigenvalue weighted by Crippen LogP contribution is 2.29. The predicted molar refractivity (Wildman–Crippen MR) is 62.4 cm³/mol. The van der Waals surface area contributed by atoms with Crippen molar-refractivity contribution in [2.45, 2.75) is 26.7 Å². The second kappa shape index (κ2) is 4.76. The number of thiophene rings is 1. The lowest BCUT2D eigenvalue weighted by Gasteiger charge is -2.00. The molecule has 0 unspecified atom stereocenters. The van der Waals surface area contributed by atoms with Gasteiger partial charge in [0.2, 0.25) is 0 Å². The smallest absolute Gasteiger partial charge is 0.178 e. The van der Waals surface area contributed by atoms with E-state index in [4.69, 9.17) is 11.6 Å². The number of rotatable bonds is 4. The third-order valence-corrected chi connectivity index (χ3v) is 3.80. The molecule has 1 rings (SSSR count). The Labute approximate surface area is 93.4 Å². The van der Waals surface area contributed by atoms with E-state index in [-0.39, 0.29) is 5.78 Å². The molecule has 1 nitrogen and oxygen atoms in total. The fraction of sp³-hybridized carbons (Fsp3) is 0.364. The Hall–Kier alpha value is -0.600. The molecule has 1 aromatic rings. The summed E-state index contributed by atoms with van der Waals surface area (Å²) in [6.07, 6.45) is 1.25. The molecule has 0 bridgehead atoms. The van der Waals surface area contributed by atoms with Crippen LogP contribution in [-0.4, -0.2) is 5.78 Å². The van der Waals surface area contributed by atoms with Gasteiger partial charge in [0.05, 0.1) is 9.90 Å². The van der Waals surface area contributed by atoms with Gasteiger partial charge in [0.25, 0.3) is 0 Å². The van der Waals surface area contributed by atoms with Gasteiger partial charge in [0, 0.05) is 6.42 Å². The molecule has 14 heavy (non-hydrogen) atoms. The minimum atomic E-state index is 0.0833. The molecule has 1 aromatic heterocycles. The van der Waals surface area contributed by atoms with Crippen LogP contribution in [0.3, 0.4) is 0 Å². The number of hydrogen-bond donors (Lipinski definition) is 0. The largest absolute Gasteiger partial charge is 0.293 e. The molecule has 0 N–H and O–H groups in total. The molecule has 0 amide bonds. The first-order valence-corrected chi connectivity index (χ1v) is 5.75. The predicted octanol–water partition coefficient (Wildman–Crippen LogP) is 4.25. The van der Waals surface area contributed by atoms with E-state index < -0.39 is 0 Å². The lowest BCUT2D eigenvalue weighted by molar-refractivity contribution is 0.0996. The second-order valence-corrected chi connectivity index (χ2v) is 4.52. The Morgan fingerprint density at radius 3 is 2.71 bits per heavy atom. The molecule has 76 valence electrons. The highest BCUT2D eigenvalue weighted by molar-refractivity contribution is 7.13. The van der Waals surface area contributed by atoms with Crippen molar-refractivity contribution in [3.05, 3.63) is 33.0 Å². The van der Waals surface area contributed by atoms with Gasteiger partial charge in [-0.15, -0.1) is 11.3 Å². The number of carbonyl (C=O) groups is 1. The summed E-state index contributed by atoms with van der Waals surface area (Å²) in [6, 6.07) is 0. The summed E-state index contributed by atoms with van der Waals surface area (Å²) in [5.41, 5.74) is 1.93. The van der Waals surface area contributed by atoms with Crippen molar-refractivity contribution >= 4 is 28.7 Å². The monoisotopic (exact) mass is 228 g/mol. The van der Waals surface area contributed by atoms with Crippen LogP contribution < -0.4 is 0 Å². The summed E-state index contributed by atoms with van der Waals surface area (Å²) < 4.78 is 0. The van der Waals surface area contributed by atoms with E-state index >= 15 is 0 Å². The summed E-state index contributed by atoms with van der Waals surface area (Å²) >= 11 is 7.40. The first kappa shape index (κ1) is 11.5. The molecule has 0 radical (unpaired) electrons. The Morgan fingerprint density at radius 2 is 2.29 bits per heavy atom. The fourth-order valence-corrected chi connectivity index (χ4v) is 2.29. The van der Waals surface area contributed by atoms with Crippen LogP contribution in [0.1, 0.15) is 35.0 Å². The molecular weight excluding hydrogens is 216 g/mol. The van der Waals surface area contributed by atoms with Gasteiger partial charge in [-0.05, 0) is 24.3 Å². The van der Waals surface area contributed by atoms with Crippen LogP contribution in [0.4, 0.5) is 0 Å². The number of carbonyl (C=O) groups excluding carboxylic acids is 1. The molecule has 1 heterocycles. The zero-order chi connectivity index (χ0) is 10.7. The summed E-state index contributed by atoms with van der Waals surface area (Å²) in [4.78, 5) is 12.4. The number of Topliss-reactive ketones (excluding diaryl/α,β-unsaturated/α-hetero) is 1. The average Bonchev–Trinajstić information content (AvgIpc) is 2.47. The lowest BCUT2D eigenvalue weighted by atomic mass is 10.1. The molecule has 0 spiro atoms. The fourth-order valence-electron chi connectivity index (χ4n) is 1.05. The molecule has 0 atom stereocenters. The quantitative estimate of drug-likeness (QED) is 0.556. The standard InChI is InChI=1S/C11H13ClOS/c1-4-7(2)5-9(13)11-10(12)8(3)6-14-11/h6H,2,4-5H2,1,3H3. The summed E-state index contributed by atoms with van der Waals surface area (Å²) in [6.45, 7) is 7.72. The third kappa shape index (κ3) is 2.46. The number of aryl methyl sites for hydroxylation is 1. The molecular formula is C11H13ClOS. The van der Waals surface area contributed by atoms with E-state index in [0.717, 1.165) is 17.6 Å². The van der Waals surface area contributed by atoms with Gasteiger partial charge in [0.1, 0.15) is 0 Å². The SMILES string of the molecule is C=C(CC)CC(=O)c1scc(C)c1Cl. The van der Waals surface area contributed by atoms with Crippen molar-refractivity contribution in [3.8, 4) is 0 Å². The van der Waals surface area contributed by atoms with Gasteiger partial charge >= 0.3 is 0 Å².